The van der Waals surface area contributed by atoms with Gasteiger partial charge < -0.3 is 9.72 Å². The predicted molar refractivity (Wildman–Crippen MR) is 72.1 cm³/mol. The number of aromatic amines is 1. The van der Waals surface area contributed by atoms with Crippen molar-refractivity contribution in [1.29, 1.82) is 0 Å². The summed E-state index contributed by atoms with van der Waals surface area (Å²) in [6, 6.07) is 7.76. The number of imidazole rings is 1. The maximum Gasteiger partial charge on any atom is 0.141 e. The highest BCUT2D eigenvalue weighted by Gasteiger charge is 2.11. The first-order valence-corrected chi connectivity index (χ1v) is 5.54. The van der Waals surface area contributed by atoms with Gasteiger partial charge in [-0.25, -0.2) is 4.98 Å². The number of ether oxygens (including phenoxy) is 1. The largest absolute Gasteiger partial charge is 0.496 e. The summed E-state index contributed by atoms with van der Waals surface area (Å²) in [6.07, 6.45) is 0. The van der Waals surface area contributed by atoms with E-state index in [0.29, 0.717) is 5.88 Å². The standard InChI is InChI=1S/C12H13ClN2O.ClH/c1-8-10(7-13)15-12(14-8)9-5-3-4-6-11(9)16-2;/h3-6H,7H2,1-2H3,(H,14,15);1H. The fourth-order valence-electron chi connectivity index (χ4n) is 1.59. The molecule has 0 unspecified atom stereocenters. The van der Waals surface area contributed by atoms with Crippen molar-refractivity contribution in [2.75, 3.05) is 7.11 Å². The summed E-state index contributed by atoms with van der Waals surface area (Å²) >= 11 is 5.79. The molecule has 2 rings (SSSR count). The molecule has 0 fully saturated rings. The number of hydrogen-bond donors (Lipinski definition) is 1. The van der Waals surface area contributed by atoms with Crippen molar-refractivity contribution in [2.45, 2.75) is 12.8 Å². The highest BCUT2D eigenvalue weighted by atomic mass is 35.5. The van der Waals surface area contributed by atoms with E-state index in [-0.39, 0.29) is 12.4 Å². The van der Waals surface area contributed by atoms with Crippen molar-refractivity contribution in [2.24, 2.45) is 0 Å². The number of hydrogen-bond acceptors (Lipinski definition) is 2. The number of aromatic nitrogens is 2. The molecule has 3 nitrogen and oxygen atoms in total. The Labute approximate surface area is 112 Å². The molecule has 0 aliphatic rings. The minimum atomic E-state index is 0. The topological polar surface area (TPSA) is 37.9 Å². The minimum absolute atomic E-state index is 0. The molecule has 0 amide bonds. The number of nitrogens with one attached hydrogen (secondary N) is 1. The van der Waals surface area contributed by atoms with Gasteiger partial charge in [0.15, 0.2) is 0 Å². The Morgan fingerprint density at radius 1 is 1.35 bits per heavy atom. The molecule has 0 aliphatic carbocycles. The molecule has 1 aromatic heterocycles. The molecule has 0 aliphatic heterocycles. The van der Waals surface area contributed by atoms with Crippen LogP contribution in [0, 0.1) is 6.92 Å². The summed E-state index contributed by atoms with van der Waals surface area (Å²) in [5, 5.41) is 0. The van der Waals surface area contributed by atoms with Crippen LogP contribution in [0.1, 0.15) is 11.4 Å². The Kier molecular flexibility index (Phi) is 4.85. The van der Waals surface area contributed by atoms with Gasteiger partial charge in [-0.3, -0.25) is 0 Å². The minimum Gasteiger partial charge on any atom is -0.496 e. The Balaban J connectivity index is 0.00000144. The first-order chi connectivity index (χ1) is 7.76. The summed E-state index contributed by atoms with van der Waals surface area (Å²) in [7, 11) is 1.65. The highest BCUT2D eigenvalue weighted by Crippen LogP contribution is 2.28. The maximum atomic E-state index is 5.79. The Morgan fingerprint density at radius 3 is 2.65 bits per heavy atom. The summed E-state index contributed by atoms with van der Waals surface area (Å²) in [5.74, 6) is 2.01. The molecule has 92 valence electrons. The molecule has 5 heteroatoms. The van der Waals surface area contributed by atoms with E-state index >= 15 is 0 Å². The van der Waals surface area contributed by atoms with Crippen molar-refractivity contribution >= 4 is 24.0 Å². The van der Waals surface area contributed by atoms with E-state index in [4.69, 9.17) is 16.3 Å². The molecule has 0 radical (unpaired) electrons. The summed E-state index contributed by atoms with van der Waals surface area (Å²) in [4.78, 5) is 7.65. The molecule has 0 bridgehead atoms. The van der Waals surface area contributed by atoms with Gasteiger partial charge in [0.05, 0.1) is 24.2 Å². The lowest BCUT2D eigenvalue weighted by Gasteiger charge is -2.04. The SMILES string of the molecule is COc1ccccc1-c1nc(CCl)c(C)[nH]1.Cl. The zero-order chi connectivity index (χ0) is 11.5. The molecule has 17 heavy (non-hydrogen) atoms. The quantitative estimate of drug-likeness (QED) is 0.868. The predicted octanol–water partition coefficient (Wildman–Crippen LogP) is 3.55. The van der Waals surface area contributed by atoms with Crippen LogP contribution in [0.2, 0.25) is 0 Å². The number of alkyl halides is 1. The van der Waals surface area contributed by atoms with Gasteiger partial charge in [0, 0.05) is 5.69 Å². The van der Waals surface area contributed by atoms with Gasteiger partial charge in [0.25, 0.3) is 0 Å². The van der Waals surface area contributed by atoms with E-state index in [1.807, 2.05) is 31.2 Å². The van der Waals surface area contributed by atoms with Crippen molar-refractivity contribution in [3.63, 3.8) is 0 Å². The lowest BCUT2D eigenvalue weighted by atomic mass is 10.2. The van der Waals surface area contributed by atoms with Crippen LogP contribution in [0.15, 0.2) is 24.3 Å². The zero-order valence-electron chi connectivity index (χ0n) is 9.66. The summed E-state index contributed by atoms with van der Waals surface area (Å²) in [6.45, 7) is 1.96. The van der Waals surface area contributed by atoms with Gasteiger partial charge >= 0.3 is 0 Å². The van der Waals surface area contributed by atoms with Gasteiger partial charge in [-0.05, 0) is 19.1 Å². The van der Waals surface area contributed by atoms with Crippen molar-refractivity contribution in [1.82, 2.24) is 9.97 Å². The number of halogens is 2. The smallest absolute Gasteiger partial charge is 0.141 e. The third-order valence-electron chi connectivity index (χ3n) is 2.47. The van der Waals surface area contributed by atoms with Gasteiger partial charge in [0.2, 0.25) is 0 Å². The Morgan fingerprint density at radius 2 is 2.06 bits per heavy atom. The molecular weight excluding hydrogens is 259 g/mol. The second-order valence-electron chi connectivity index (χ2n) is 3.49. The van der Waals surface area contributed by atoms with E-state index in [9.17, 15) is 0 Å². The number of nitrogens with zero attached hydrogens (tertiary/aromatic N) is 1. The molecule has 1 heterocycles. The van der Waals surface area contributed by atoms with Crippen molar-refractivity contribution < 1.29 is 4.74 Å². The Bertz CT molecular complexity index is 497. The summed E-state index contributed by atoms with van der Waals surface area (Å²) in [5.41, 5.74) is 2.82. The normalized spacial score (nSPS) is 9.82. The zero-order valence-corrected chi connectivity index (χ0v) is 11.2. The highest BCUT2D eigenvalue weighted by molar-refractivity contribution is 6.17. The van der Waals surface area contributed by atoms with Crippen LogP contribution in [0.5, 0.6) is 5.75 Å². The van der Waals surface area contributed by atoms with Gasteiger partial charge in [-0.15, -0.1) is 24.0 Å². The van der Waals surface area contributed by atoms with Crippen LogP contribution < -0.4 is 4.74 Å². The lowest BCUT2D eigenvalue weighted by Crippen LogP contribution is -1.88. The van der Waals surface area contributed by atoms with Crippen LogP contribution in [-0.2, 0) is 5.88 Å². The number of benzene rings is 1. The van der Waals surface area contributed by atoms with Gasteiger partial charge in [-0.1, -0.05) is 12.1 Å². The molecule has 1 aromatic carbocycles. The first kappa shape index (κ1) is 13.9. The number of H-pyrrole nitrogens is 1. The van der Waals surface area contributed by atoms with Crippen LogP contribution in [0.3, 0.4) is 0 Å². The van der Waals surface area contributed by atoms with Crippen molar-refractivity contribution in [3.05, 3.63) is 35.7 Å². The number of rotatable bonds is 3. The molecule has 1 N–H and O–H groups in total. The molecular formula is C12H14Cl2N2O. The van der Waals surface area contributed by atoms with E-state index < -0.39 is 0 Å². The van der Waals surface area contributed by atoms with Crippen molar-refractivity contribution in [3.8, 4) is 17.1 Å². The second kappa shape index (κ2) is 5.94. The number of aryl methyl sites for hydroxylation is 1. The molecule has 0 spiro atoms. The molecule has 0 saturated heterocycles. The summed E-state index contributed by atoms with van der Waals surface area (Å²) < 4.78 is 5.29. The van der Waals surface area contributed by atoms with Crippen LogP contribution in [0.4, 0.5) is 0 Å². The average molecular weight is 273 g/mol. The third kappa shape index (κ3) is 2.73. The second-order valence-corrected chi connectivity index (χ2v) is 3.76. The van der Waals surface area contributed by atoms with E-state index in [0.717, 1.165) is 28.5 Å². The van der Waals surface area contributed by atoms with E-state index in [1.165, 1.54) is 0 Å². The molecule has 2 aromatic rings. The van der Waals surface area contributed by atoms with Gasteiger partial charge in [-0.2, -0.15) is 0 Å². The van der Waals surface area contributed by atoms with E-state index in [2.05, 4.69) is 9.97 Å². The van der Waals surface area contributed by atoms with Crippen LogP contribution in [-0.4, -0.2) is 17.1 Å². The molecule has 0 saturated carbocycles. The van der Waals surface area contributed by atoms with E-state index in [1.54, 1.807) is 7.11 Å². The first-order valence-electron chi connectivity index (χ1n) is 5.01. The monoisotopic (exact) mass is 272 g/mol. The van der Waals surface area contributed by atoms with Crippen LogP contribution >= 0.6 is 24.0 Å². The average Bonchev–Trinajstić information content (AvgIpc) is 2.70. The fraction of sp³-hybridized carbons (Fsp3) is 0.250. The fourth-order valence-corrected chi connectivity index (χ4v) is 1.85. The number of methoxy groups -OCH3 is 1. The third-order valence-corrected chi connectivity index (χ3v) is 2.73. The van der Waals surface area contributed by atoms with Crippen LogP contribution in [0.25, 0.3) is 11.4 Å². The molecule has 0 atom stereocenters. The Hall–Kier alpha value is -1.19. The van der Waals surface area contributed by atoms with Gasteiger partial charge in [0.1, 0.15) is 11.6 Å². The maximum absolute atomic E-state index is 5.79. The number of para-hydroxylation sites is 1. The lowest BCUT2D eigenvalue weighted by molar-refractivity contribution is 0.416.